The van der Waals surface area contributed by atoms with E-state index in [0.717, 1.165) is 0 Å². The van der Waals surface area contributed by atoms with Crippen LogP contribution in [0, 0.1) is 5.92 Å². The number of nitrogens with one attached hydrogen (secondary N) is 1. The van der Waals surface area contributed by atoms with Crippen molar-refractivity contribution >= 4 is 29.1 Å². The molecule has 0 spiro atoms. The van der Waals surface area contributed by atoms with Gasteiger partial charge in [0, 0.05) is 6.54 Å². The Bertz CT molecular complexity index is 427. The van der Waals surface area contributed by atoms with Crippen LogP contribution >= 0.6 is 12.2 Å². The van der Waals surface area contributed by atoms with Crippen molar-refractivity contribution in [1.29, 1.82) is 0 Å². The molecule has 9 heteroatoms. The van der Waals surface area contributed by atoms with Crippen LogP contribution in [0.4, 0.5) is 18.0 Å². The highest BCUT2D eigenvalue weighted by molar-refractivity contribution is 7.80. The molecule has 2 atom stereocenters. The number of urea groups is 1. The summed E-state index contributed by atoms with van der Waals surface area (Å²) in [7, 11) is 0. The number of carbonyl (C=O) groups excluding carboxylic acids is 2. The molecule has 1 saturated heterocycles. The van der Waals surface area contributed by atoms with Crippen molar-refractivity contribution in [2.75, 3.05) is 6.54 Å². The number of alkyl halides is 3. The summed E-state index contributed by atoms with van der Waals surface area (Å²) in [4.78, 5) is 23.3. The van der Waals surface area contributed by atoms with Gasteiger partial charge in [-0.05, 0) is 13.3 Å². The van der Waals surface area contributed by atoms with E-state index in [-0.39, 0.29) is 6.42 Å². The lowest BCUT2D eigenvalue weighted by Gasteiger charge is -2.24. The van der Waals surface area contributed by atoms with Crippen molar-refractivity contribution in [2.45, 2.75) is 32.0 Å². The minimum absolute atomic E-state index is 0.276. The maximum atomic E-state index is 12.7. The first-order valence-corrected chi connectivity index (χ1v) is 5.94. The van der Waals surface area contributed by atoms with Gasteiger partial charge in [0.25, 0.3) is 5.91 Å². The molecule has 3 amide bonds. The van der Waals surface area contributed by atoms with Crippen molar-refractivity contribution < 1.29 is 22.8 Å². The summed E-state index contributed by atoms with van der Waals surface area (Å²) in [5.41, 5.74) is 3.86. The van der Waals surface area contributed by atoms with E-state index in [1.54, 1.807) is 6.92 Å². The van der Waals surface area contributed by atoms with Gasteiger partial charge < -0.3 is 11.1 Å². The monoisotopic (exact) mass is 297 g/mol. The number of nitrogens with zero attached hydrogens (tertiary/aromatic N) is 1. The van der Waals surface area contributed by atoms with Crippen molar-refractivity contribution in [2.24, 2.45) is 11.7 Å². The van der Waals surface area contributed by atoms with Gasteiger partial charge in [0.05, 0.1) is 4.99 Å². The lowest BCUT2D eigenvalue weighted by atomic mass is 9.99. The molecule has 108 valence electrons. The van der Waals surface area contributed by atoms with Gasteiger partial charge >= 0.3 is 12.2 Å². The number of halogens is 3. The quantitative estimate of drug-likeness (QED) is 0.603. The minimum Gasteiger partial charge on any atom is -0.393 e. The molecule has 1 heterocycles. The van der Waals surface area contributed by atoms with Crippen LogP contribution in [0.2, 0.25) is 0 Å². The lowest BCUT2D eigenvalue weighted by molar-refractivity contribution is -0.159. The average molecular weight is 297 g/mol. The molecule has 1 rings (SSSR count). The number of carbonyl (C=O) groups is 2. The Morgan fingerprint density at radius 2 is 2.05 bits per heavy atom. The summed E-state index contributed by atoms with van der Waals surface area (Å²) in [6, 6.07) is -0.861. The van der Waals surface area contributed by atoms with E-state index in [2.05, 4.69) is 17.5 Å². The molecule has 0 aromatic carbocycles. The molecule has 0 bridgehead atoms. The Morgan fingerprint density at radius 3 is 2.37 bits per heavy atom. The zero-order valence-corrected chi connectivity index (χ0v) is 11.2. The molecule has 5 nitrogen and oxygen atoms in total. The van der Waals surface area contributed by atoms with Gasteiger partial charge in [-0.3, -0.25) is 9.69 Å². The molecule has 1 aliphatic heterocycles. The molecule has 19 heavy (non-hydrogen) atoms. The summed E-state index contributed by atoms with van der Waals surface area (Å²) in [6.07, 6.45) is -4.42. The summed E-state index contributed by atoms with van der Waals surface area (Å²) in [6.45, 7) is 2.21. The van der Waals surface area contributed by atoms with Gasteiger partial charge in [-0.2, -0.15) is 13.2 Å². The third-order valence-corrected chi connectivity index (χ3v) is 3.44. The number of thiocarbonyl (C=S) groups is 1. The number of amides is 3. The molecular formula is C10H14F3N3O2S. The zero-order valence-electron chi connectivity index (χ0n) is 10.4. The third kappa shape index (κ3) is 2.96. The van der Waals surface area contributed by atoms with Crippen LogP contribution in [0.15, 0.2) is 0 Å². The fourth-order valence-corrected chi connectivity index (χ4v) is 1.90. The maximum Gasteiger partial charge on any atom is 0.399 e. The highest BCUT2D eigenvalue weighted by Crippen LogP contribution is 2.30. The Labute approximate surface area is 113 Å². The van der Waals surface area contributed by atoms with Crippen molar-refractivity contribution in [1.82, 2.24) is 10.2 Å². The fourth-order valence-electron chi connectivity index (χ4n) is 1.69. The van der Waals surface area contributed by atoms with E-state index < -0.39 is 41.1 Å². The van der Waals surface area contributed by atoms with Crippen molar-refractivity contribution in [3.8, 4) is 0 Å². The van der Waals surface area contributed by atoms with E-state index in [1.165, 1.54) is 6.92 Å². The van der Waals surface area contributed by atoms with Crippen molar-refractivity contribution in [3.63, 3.8) is 0 Å². The normalized spacial score (nSPS) is 25.4. The van der Waals surface area contributed by atoms with Gasteiger partial charge in [0.1, 0.15) is 11.5 Å². The minimum atomic E-state index is -4.70. The Balaban J connectivity index is 2.96. The second-order valence-electron chi connectivity index (χ2n) is 4.53. The third-order valence-electron chi connectivity index (χ3n) is 3.16. The predicted octanol–water partition coefficient (Wildman–Crippen LogP) is 1.17. The molecular weight excluding hydrogens is 283 g/mol. The SMILES string of the molecule is CCC1(C)NC(=O)N(CC(C(N)=S)C(F)(F)F)C1=O. The predicted molar refractivity (Wildman–Crippen MR) is 65.3 cm³/mol. The molecule has 0 aromatic rings. The summed E-state index contributed by atoms with van der Waals surface area (Å²) in [5.74, 6) is -2.90. The molecule has 1 fully saturated rings. The molecule has 1 aliphatic rings. The molecule has 0 aliphatic carbocycles. The van der Waals surface area contributed by atoms with Crippen LogP contribution in [0.3, 0.4) is 0 Å². The highest BCUT2D eigenvalue weighted by Gasteiger charge is 2.51. The van der Waals surface area contributed by atoms with Crippen LogP contribution in [0.25, 0.3) is 0 Å². The highest BCUT2D eigenvalue weighted by atomic mass is 32.1. The molecule has 0 aromatic heterocycles. The molecule has 0 saturated carbocycles. The van der Waals surface area contributed by atoms with E-state index in [4.69, 9.17) is 5.73 Å². The standard InChI is InChI=1S/C10H14F3N3O2S/c1-3-9(2)7(17)16(8(18)15-9)4-5(6(14)19)10(11,12)13/h5H,3-4H2,1-2H3,(H2,14,19)(H,15,18). The lowest BCUT2D eigenvalue weighted by Crippen LogP contribution is -2.47. The summed E-state index contributed by atoms with van der Waals surface area (Å²) >= 11 is 4.35. The van der Waals surface area contributed by atoms with Crippen LogP contribution in [-0.4, -0.2) is 40.1 Å². The van der Waals surface area contributed by atoms with Crippen molar-refractivity contribution in [3.05, 3.63) is 0 Å². The van der Waals surface area contributed by atoms with Gasteiger partial charge in [0.2, 0.25) is 0 Å². The summed E-state index contributed by atoms with van der Waals surface area (Å²) in [5, 5.41) is 2.36. The maximum absolute atomic E-state index is 12.7. The average Bonchev–Trinajstić information content (AvgIpc) is 2.46. The van der Waals surface area contributed by atoms with E-state index in [1.807, 2.05) is 0 Å². The second kappa shape index (κ2) is 4.95. The smallest absolute Gasteiger partial charge is 0.393 e. The van der Waals surface area contributed by atoms with E-state index in [0.29, 0.717) is 4.90 Å². The Kier molecular flexibility index (Phi) is 4.08. The first kappa shape index (κ1) is 15.7. The van der Waals surface area contributed by atoms with Crippen LogP contribution in [-0.2, 0) is 4.79 Å². The van der Waals surface area contributed by atoms with Crippen LogP contribution in [0.5, 0.6) is 0 Å². The number of rotatable bonds is 4. The second-order valence-corrected chi connectivity index (χ2v) is 5.00. The van der Waals surface area contributed by atoms with E-state index >= 15 is 0 Å². The van der Waals surface area contributed by atoms with Gasteiger partial charge in [-0.15, -0.1) is 0 Å². The topological polar surface area (TPSA) is 75.4 Å². The number of imide groups is 1. The molecule has 0 radical (unpaired) electrons. The zero-order chi connectivity index (χ0) is 15.0. The fraction of sp³-hybridized carbons (Fsp3) is 0.700. The van der Waals surface area contributed by atoms with Gasteiger partial charge in [0.15, 0.2) is 0 Å². The number of hydrogen-bond donors (Lipinski definition) is 2. The molecule has 2 unspecified atom stereocenters. The first-order chi connectivity index (χ1) is 8.53. The van der Waals surface area contributed by atoms with Crippen LogP contribution < -0.4 is 11.1 Å². The Hall–Kier alpha value is -1.38. The number of nitrogens with two attached hydrogens (primary N) is 1. The largest absolute Gasteiger partial charge is 0.399 e. The number of hydrogen-bond acceptors (Lipinski definition) is 3. The Morgan fingerprint density at radius 1 is 1.53 bits per heavy atom. The summed E-state index contributed by atoms with van der Waals surface area (Å²) < 4.78 is 38.1. The molecule has 3 N–H and O–H groups in total. The van der Waals surface area contributed by atoms with E-state index in [9.17, 15) is 22.8 Å². The first-order valence-electron chi connectivity index (χ1n) is 5.53. The van der Waals surface area contributed by atoms with Gasteiger partial charge in [-0.25, -0.2) is 4.79 Å². The van der Waals surface area contributed by atoms with Crippen LogP contribution in [0.1, 0.15) is 20.3 Å². The van der Waals surface area contributed by atoms with Gasteiger partial charge in [-0.1, -0.05) is 19.1 Å².